The van der Waals surface area contributed by atoms with Gasteiger partial charge >= 0.3 is 58.4 Å². The molecule has 1 aromatic rings. The van der Waals surface area contributed by atoms with E-state index in [-0.39, 0.29) is 63.2 Å². The van der Waals surface area contributed by atoms with E-state index in [4.69, 9.17) is 4.74 Å². The van der Waals surface area contributed by atoms with Crippen LogP contribution in [0.2, 0.25) is 0 Å². The van der Waals surface area contributed by atoms with Crippen LogP contribution in [0, 0.1) is 5.82 Å². The summed E-state index contributed by atoms with van der Waals surface area (Å²) in [7, 11) is 0. The van der Waals surface area contributed by atoms with E-state index < -0.39 is 18.3 Å². The van der Waals surface area contributed by atoms with Gasteiger partial charge in [-0.05, 0) is 25.0 Å². The summed E-state index contributed by atoms with van der Waals surface area (Å²) in [5.74, 6) is -1.09. The summed E-state index contributed by atoms with van der Waals surface area (Å²) in [6, 6.07) is 2.25. The molecule has 0 fully saturated rings. The molecule has 0 atom stereocenters. The summed E-state index contributed by atoms with van der Waals surface area (Å²) in [6.07, 6.45) is 0.981. The normalized spacial score (nSPS) is 11.3. The Morgan fingerprint density at radius 3 is 2.17 bits per heavy atom. The number of hydrogen-bond acceptors (Lipinski definition) is 1. The molecule has 18 heavy (non-hydrogen) atoms. The summed E-state index contributed by atoms with van der Waals surface area (Å²) in [4.78, 5) is 0. The first kappa shape index (κ1) is 18.4. The number of hydrogen-bond donors (Lipinski definition) is 0. The van der Waals surface area contributed by atoms with Crippen molar-refractivity contribution in [3.05, 3.63) is 24.0 Å². The van der Waals surface area contributed by atoms with Crippen molar-refractivity contribution in [2.75, 3.05) is 0 Å². The van der Waals surface area contributed by atoms with E-state index in [0.29, 0.717) is 12.8 Å². The summed E-state index contributed by atoms with van der Waals surface area (Å²) in [5.41, 5.74) is -0.840. The van der Waals surface area contributed by atoms with Crippen LogP contribution in [-0.4, -0.2) is 13.1 Å². The number of benzene rings is 1. The molecule has 1 aromatic carbocycles. The Morgan fingerprint density at radius 2 is 1.72 bits per heavy atom. The predicted molar refractivity (Wildman–Crippen MR) is 60.1 cm³/mol. The Bertz CT molecular complexity index is 380. The van der Waals surface area contributed by atoms with Gasteiger partial charge in [-0.15, -0.1) is 5.46 Å². The molecule has 0 radical (unpaired) electrons. The maximum absolute atomic E-state index is 13.3. The maximum atomic E-state index is 13.3. The van der Waals surface area contributed by atoms with Gasteiger partial charge in [0.15, 0.2) is 11.6 Å². The quantitative estimate of drug-likeness (QED) is 0.565. The Labute approximate surface area is 147 Å². The molecule has 0 saturated carbocycles. The predicted octanol–water partition coefficient (Wildman–Crippen LogP) is 0.451. The average molecular weight is 288 g/mol. The number of ether oxygens (including phenoxy) is 1. The van der Waals surface area contributed by atoms with Gasteiger partial charge in [0, 0.05) is 0 Å². The van der Waals surface area contributed by atoms with Crippen molar-refractivity contribution < 1.29 is 73.5 Å². The van der Waals surface area contributed by atoms with Gasteiger partial charge in [0.2, 0.25) is 0 Å². The molecule has 0 heterocycles. The standard InChI is InChI=1S/C11H14BF4O.K/c1-3-9(4-2)17-11-7-8(12(14,15)16)5-6-10(11)13;/h5-7,9H,3-4H2,1-2H3;/q-1;+1. The van der Waals surface area contributed by atoms with E-state index in [2.05, 4.69) is 0 Å². The first-order valence-electron chi connectivity index (χ1n) is 5.54. The number of rotatable bonds is 5. The van der Waals surface area contributed by atoms with Crippen LogP contribution in [0.25, 0.3) is 0 Å². The molecule has 0 bridgehead atoms. The Hall–Kier alpha value is 0.441. The van der Waals surface area contributed by atoms with Gasteiger partial charge in [0.1, 0.15) is 0 Å². The molecule has 96 valence electrons. The Morgan fingerprint density at radius 1 is 1.17 bits per heavy atom. The third kappa shape index (κ3) is 5.21. The third-order valence-electron chi connectivity index (χ3n) is 2.54. The van der Waals surface area contributed by atoms with E-state index >= 15 is 0 Å². The van der Waals surface area contributed by atoms with Crippen molar-refractivity contribution >= 4 is 12.4 Å². The summed E-state index contributed by atoms with van der Waals surface area (Å²) in [5, 5.41) is 0. The van der Waals surface area contributed by atoms with Crippen molar-refractivity contribution in [2.24, 2.45) is 0 Å². The smallest absolute Gasteiger partial charge is 0.488 e. The zero-order valence-electron chi connectivity index (χ0n) is 10.7. The molecule has 0 spiro atoms. The van der Waals surface area contributed by atoms with Gasteiger partial charge in [-0.25, -0.2) is 4.39 Å². The average Bonchev–Trinajstić information content (AvgIpc) is 2.26. The largest absolute Gasteiger partial charge is 1.00 e. The minimum atomic E-state index is -5.13. The van der Waals surface area contributed by atoms with Crippen LogP contribution in [0.1, 0.15) is 26.7 Å². The van der Waals surface area contributed by atoms with E-state index in [1.54, 1.807) is 0 Å². The monoisotopic (exact) mass is 288 g/mol. The van der Waals surface area contributed by atoms with Crippen molar-refractivity contribution in [2.45, 2.75) is 32.8 Å². The second-order valence-corrected chi connectivity index (χ2v) is 3.82. The van der Waals surface area contributed by atoms with Crippen molar-refractivity contribution in [3.63, 3.8) is 0 Å². The van der Waals surface area contributed by atoms with Crippen molar-refractivity contribution in [3.8, 4) is 5.75 Å². The second kappa shape index (κ2) is 7.89. The molecule has 0 saturated heterocycles. The van der Waals surface area contributed by atoms with Gasteiger partial charge in [-0.2, -0.15) is 0 Å². The first-order valence-corrected chi connectivity index (χ1v) is 5.54. The van der Waals surface area contributed by atoms with E-state index in [1.807, 2.05) is 13.8 Å². The van der Waals surface area contributed by atoms with Crippen molar-refractivity contribution in [1.29, 1.82) is 0 Å². The molecular formula is C11H14BF4KO. The van der Waals surface area contributed by atoms with Crippen LogP contribution in [0.5, 0.6) is 5.75 Å². The Kier molecular flexibility index (Phi) is 8.09. The fourth-order valence-corrected chi connectivity index (χ4v) is 1.45. The minimum Gasteiger partial charge on any atom is -0.488 e. The molecule has 1 rings (SSSR count). The van der Waals surface area contributed by atoms with Gasteiger partial charge in [-0.1, -0.05) is 19.9 Å². The molecule has 0 aliphatic rings. The molecule has 0 aliphatic carbocycles. The van der Waals surface area contributed by atoms with Crippen LogP contribution < -0.4 is 61.6 Å². The summed E-state index contributed by atoms with van der Waals surface area (Å²) < 4.78 is 56.0. The van der Waals surface area contributed by atoms with Gasteiger partial charge in [0.05, 0.1) is 6.10 Å². The molecular weight excluding hydrogens is 274 g/mol. The summed E-state index contributed by atoms with van der Waals surface area (Å²) in [6.45, 7) is -1.45. The summed E-state index contributed by atoms with van der Waals surface area (Å²) >= 11 is 0. The second-order valence-electron chi connectivity index (χ2n) is 3.82. The third-order valence-corrected chi connectivity index (χ3v) is 2.54. The Balaban J connectivity index is 0.00000289. The van der Waals surface area contributed by atoms with E-state index in [1.165, 1.54) is 0 Å². The molecule has 1 nitrogen and oxygen atoms in total. The molecule has 0 unspecified atom stereocenters. The van der Waals surface area contributed by atoms with E-state index in [0.717, 1.165) is 18.2 Å². The van der Waals surface area contributed by atoms with Crippen LogP contribution in [-0.2, 0) is 0 Å². The number of halogens is 4. The van der Waals surface area contributed by atoms with Crippen LogP contribution in [0.4, 0.5) is 17.3 Å². The fraction of sp³-hybridized carbons (Fsp3) is 0.455. The SMILES string of the molecule is CCC(CC)Oc1cc([B-](F)(F)F)ccc1F.[K+]. The van der Waals surface area contributed by atoms with Gasteiger partial charge < -0.3 is 17.7 Å². The van der Waals surface area contributed by atoms with Crippen LogP contribution in [0.3, 0.4) is 0 Å². The molecule has 0 aliphatic heterocycles. The van der Waals surface area contributed by atoms with E-state index in [9.17, 15) is 17.3 Å². The van der Waals surface area contributed by atoms with Crippen molar-refractivity contribution in [1.82, 2.24) is 0 Å². The van der Waals surface area contributed by atoms with Gasteiger partial charge in [-0.3, -0.25) is 0 Å². The van der Waals surface area contributed by atoms with Crippen LogP contribution in [0.15, 0.2) is 18.2 Å². The molecule has 0 aromatic heterocycles. The fourth-order valence-electron chi connectivity index (χ4n) is 1.45. The zero-order valence-corrected chi connectivity index (χ0v) is 13.8. The molecule has 0 N–H and O–H groups in total. The molecule has 0 amide bonds. The first-order chi connectivity index (χ1) is 7.88. The topological polar surface area (TPSA) is 9.23 Å². The van der Waals surface area contributed by atoms with Gasteiger partial charge in [0.25, 0.3) is 0 Å². The maximum Gasteiger partial charge on any atom is 1.00 e. The minimum absolute atomic E-state index is 0. The molecule has 7 heteroatoms. The van der Waals surface area contributed by atoms with Crippen LogP contribution >= 0.6 is 0 Å². The zero-order chi connectivity index (χ0) is 13.1.